The first-order valence-corrected chi connectivity index (χ1v) is 9.02. The van der Waals surface area contributed by atoms with Crippen LogP contribution in [0.5, 0.6) is 0 Å². The molecule has 0 atom stereocenters. The number of fused-ring (bicyclic) bond motifs is 1. The van der Waals surface area contributed by atoms with Crippen molar-refractivity contribution >= 4 is 5.91 Å². The first-order valence-electron chi connectivity index (χ1n) is 9.02. The molecule has 7 heteroatoms. The average molecular weight is 350 g/mol. The molecule has 0 fully saturated rings. The van der Waals surface area contributed by atoms with E-state index >= 15 is 0 Å². The van der Waals surface area contributed by atoms with Crippen LogP contribution in [0.2, 0.25) is 0 Å². The zero-order valence-electron chi connectivity index (χ0n) is 14.9. The van der Waals surface area contributed by atoms with Crippen molar-refractivity contribution in [3.63, 3.8) is 0 Å². The van der Waals surface area contributed by atoms with Gasteiger partial charge in [-0.1, -0.05) is 6.42 Å². The number of hydrogen-bond donors (Lipinski definition) is 1. The molecule has 4 rings (SSSR count). The van der Waals surface area contributed by atoms with E-state index in [9.17, 15) is 4.79 Å². The van der Waals surface area contributed by atoms with Gasteiger partial charge in [0.15, 0.2) is 5.82 Å². The van der Waals surface area contributed by atoms with Crippen LogP contribution >= 0.6 is 0 Å². The second-order valence-electron chi connectivity index (χ2n) is 6.61. The lowest BCUT2D eigenvalue weighted by molar-refractivity contribution is 0.0949. The van der Waals surface area contributed by atoms with Gasteiger partial charge in [-0.05, 0) is 50.1 Å². The SMILES string of the molecule is Cc1ccnn1-c1ccc(C(=O)NCc2nnc3n2CCCCC3)cc1. The second kappa shape index (κ2) is 7.11. The summed E-state index contributed by atoms with van der Waals surface area (Å²) in [6.07, 6.45) is 6.25. The molecule has 1 aliphatic rings. The van der Waals surface area contributed by atoms with Crippen LogP contribution in [0, 0.1) is 6.92 Å². The highest BCUT2D eigenvalue weighted by molar-refractivity contribution is 5.94. The summed E-state index contributed by atoms with van der Waals surface area (Å²) in [5.74, 6) is 1.75. The molecule has 0 unspecified atom stereocenters. The molecule has 2 aromatic heterocycles. The third-order valence-electron chi connectivity index (χ3n) is 4.80. The number of nitrogens with zero attached hydrogens (tertiary/aromatic N) is 5. The second-order valence-corrected chi connectivity index (χ2v) is 6.61. The molecule has 0 saturated carbocycles. The quantitative estimate of drug-likeness (QED) is 0.784. The van der Waals surface area contributed by atoms with Crippen LogP contribution < -0.4 is 5.32 Å². The van der Waals surface area contributed by atoms with Gasteiger partial charge in [-0.15, -0.1) is 10.2 Å². The molecule has 1 aromatic carbocycles. The minimum atomic E-state index is -0.111. The fourth-order valence-electron chi connectivity index (χ4n) is 3.33. The van der Waals surface area contributed by atoms with Crippen molar-refractivity contribution in [2.24, 2.45) is 0 Å². The first kappa shape index (κ1) is 16.5. The van der Waals surface area contributed by atoms with Crippen molar-refractivity contribution in [2.75, 3.05) is 0 Å². The largest absolute Gasteiger partial charge is 0.345 e. The fraction of sp³-hybridized carbons (Fsp3) is 0.368. The Morgan fingerprint density at radius 2 is 1.96 bits per heavy atom. The van der Waals surface area contributed by atoms with Gasteiger partial charge in [0, 0.05) is 30.4 Å². The monoisotopic (exact) mass is 350 g/mol. The van der Waals surface area contributed by atoms with E-state index in [4.69, 9.17) is 0 Å². The summed E-state index contributed by atoms with van der Waals surface area (Å²) in [4.78, 5) is 12.4. The van der Waals surface area contributed by atoms with E-state index in [1.807, 2.05) is 41.9 Å². The highest BCUT2D eigenvalue weighted by Gasteiger charge is 2.15. The molecule has 26 heavy (non-hydrogen) atoms. The number of rotatable bonds is 4. The number of aromatic nitrogens is 5. The number of aryl methyl sites for hydroxylation is 2. The predicted molar refractivity (Wildman–Crippen MR) is 97.0 cm³/mol. The van der Waals surface area contributed by atoms with Crippen LogP contribution in [-0.2, 0) is 19.5 Å². The molecule has 1 aliphatic heterocycles. The Balaban J connectivity index is 1.43. The van der Waals surface area contributed by atoms with Crippen LogP contribution in [0.1, 0.15) is 47.0 Å². The van der Waals surface area contributed by atoms with E-state index in [1.165, 1.54) is 6.42 Å². The summed E-state index contributed by atoms with van der Waals surface area (Å²) >= 11 is 0. The normalized spacial score (nSPS) is 13.9. The Morgan fingerprint density at radius 1 is 1.12 bits per heavy atom. The van der Waals surface area contributed by atoms with Gasteiger partial charge in [-0.3, -0.25) is 4.79 Å². The zero-order chi connectivity index (χ0) is 17.9. The van der Waals surface area contributed by atoms with Gasteiger partial charge in [0.05, 0.1) is 12.2 Å². The molecule has 0 aliphatic carbocycles. The third kappa shape index (κ3) is 3.24. The summed E-state index contributed by atoms with van der Waals surface area (Å²) in [6.45, 7) is 3.33. The molecule has 0 bridgehead atoms. The van der Waals surface area contributed by atoms with Crippen molar-refractivity contribution in [2.45, 2.75) is 45.7 Å². The Kier molecular flexibility index (Phi) is 4.51. The van der Waals surface area contributed by atoms with Crippen molar-refractivity contribution in [1.29, 1.82) is 0 Å². The molecule has 0 radical (unpaired) electrons. The van der Waals surface area contributed by atoms with Gasteiger partial charge < -0.3 is 9.88 Å². The zero-order valence-corrected chi connectivity index (χ0v) is 14.9. The number of nitrogens with one attached hydrogen (secondary N) is 1. The third-order valence-corrected chi connectivity index (χ3v) is 4.80. The Bertz CT molecular complexity index is 909. The molecule has 1 amide bonds. The lowest BCUT2D eigenvalue weighted by Crippen LogP contribution is -2.25. The lowest BCUT2D eigenvalue weighted by Gasteiger charge is -2.09. The number of hydrogen-bond acceptors (Lipinski definition) is 4. The molecular weight excluding hydrogens is 328 g/mol. The van der Waals surface area contributed by atoms with Crippen LogP contribution in [0.3, 0.4) is 0 Å². The first-order chi connectivity index (χ1) is 12.7. The van der Waals surface area contributed by atoms with Crippen LogP contribution in [0.4, 0.5) is 0 Å². The summed E-state index contributed by atoms with van der Waals surface area (Å²) in [5, 5.41) is 15.7. The number of carbonyl (C=O) groups excluding carboxylic acids is 1. The highest BCUT2D eigenvalue weighted by atomic mass is 16.1. The Morgan fingerprint density at radius 3 is 2.73 bits per heavy atom. The minimum Gasteiger partial charge on any atom is -0.345 e. The summed E-state index contributed by atoms with van der Waals surface area (Å²) in [5.41, 5.74) is 2.61. The molecule has 0 saturated heterocycles. The van der Waals surface area contributed by atoms with Crippen LogP contribution in [0.25, 0.3) is 5.69 Å². The van der Waals surface area contributed by atoms with Gasteiger partial charge in [0.1, 0.15) is 5.82 Å². The van der Waals surface area contributed by atoms with Crippen molar-refractivity contribution in [3.8, 4) is 5.69 Å². The molecule has 3 aromatic rings. The molecule has 3 heterocycles. The number of carbonyl (C=O) groups is 1. The Labute approximate surface area is 152 Å². The van der Waals surface area contributed by atoms with Crippen molar-refractivity contribution in [1.82, 2.24) is 29.9 Å². The van der Waals surface area contributed by atoms with E-state index in [0.717, 1.165) is 48.8 Å². The fourth-order valence-corrected chi connectivity index (χ4v) is 3.33. The Hall–Kier alpha value is -2.96. The smallest absolute Gasteiger partial charge is 0.251 e. The lowest BCUT2D eigenvalue weighted by atomic mass is 10.2. The predicted octanol–water partition coefficient (Wildman–Crippen LogP) is 2.43. The summed E-state index contributed by atoms with van der Waals surface area (Å²) < 4.78 is 3.99. The van der Waals surface area contributed by atoms with Gasteiger partial charge in [-0.2, -0.15) is 5.10 Å². The van der Waals surface area contributed by atoms with Gasteiger partial charge >= 0.3 is 0 Å². The summed E-state index contributed by atoms with van der Waals surface area (Å²) in [7, 11) is 0. The summed E-state index contributed by atoms with van der Waals surface area (Å²) in [6, 6.07) is 9.38. The maximum Gasteiger partial charge on any atom is 0.251 e. The van der Waals surface area contributed by atoms with Gasteiger partial charge in [0.2, 0.25) is 0 Å². The van der Waals surface area contributed by atoms with E-state index in [2.05, 4.69) is 25.2 Å². The van der Waals surface area contributed by atoms with E-state index in [0.29, 0.717) is 12.1 Å². The minimum absolute atomic E-state index is 0.111. The maximum absolute atomic E-state index is 12.4. The van der Waals surface area contributed by atoms with E-state index < -0.39 is 0 Å². The number of amides is 1. The van der Waals surface area contributed by atoms with Crippen molar-refractivity contribution < 1.29 is 4.79 Å². The van der Waals surface area contributed by atoms with Crippen molar-refractivity contribution in [3.05, 3.63) is 59.4 Å². The topological polar surface area (TPSA) is 77.6 Å². The maximum atomic E-state index is 12.4. The van der Waals surface area contributed by atoms with Crippen LogP contribution in [-0.4, -0.2) is 30.5 Å². The van der Waals surface area contributed by atoms with E-state index in [1.54, 1.807) is 6.20 Å². The van der Waals surface area contributed by atoms with Crippen LogP contribution in [0.15, 0.2) is 36.5 Å². The molecular formula is C19H22N6O. The molecule has 7 nitrogen and oxygen atoms in total. The molecule has 134 valence electrons. The van der Waals surface area contributed by atoms with Gasteiger partial charge in [0.25, 0.3) is 5.91 Å². The number of benzene rings is 1. The van der Waals surface area contributed by atoms with E-state index in [-0.39, 0.29) is 5.91 Å². The standard InChI is InChI=1S/C19H22N6O/c1-14-10-11-21-25(14)16-8-6-15(7-9-16)19(26)20-13-18-23-22-17-5-3-2-4-12-24(17)18/h6-11H,2-5,12-13H2,1H3,(H,20,26). The molecule has 0 spiro atoms. The average Bonchev–Trinajstić information content (AvgIpc) is 3.18. The highest BCUT2D eigenvalue weighted by Crippen LogP contribution is 2.15. The molecule has 1 N–H and O–H groups in total. The van der Waals surface area contributed by atoms with Gasteiger partial charge in [-0.25, -0.2) is 4.68 Å².